The number of alkyl halides is 1. The molecule has 0 aliphatic rings. The molecule has 1 aromatic carbocycles. The normalized spacial score (nSPS) is 11.2. The van der Waals surface area contributed by atoms with Crippen molar-refractivity contribution in [2.24, 2.45) is 0 Å². The van der Waals surface area contributed by atoms with E-state index in [-0.39, 0.29) is 5.82 Å². The third-order valence-corrected chi connectivity index (χ3v) is 3.87. The van der Waals surface area contributed by atoms with Crippen LogP contribution in [0.1, 0.15) is 11.4 Å². The molecule has 2 heterocycles. The van der Waals surface area contributed by atoms with Gasteiger partial charge >= 0.3 is 0 Å². The zero-order chi connectivity index (χ0) is 15.0. The molecule has 0 bridgehead atoms. The largest absolute Gasteiger partial charge is 0.281 e. The van der Waals surface area contributed by atoms with E-state index in [2.05, 4.69) is 25.9 Å². The zero-order valence-electron chi connectivity index (χ0n) is 11.3. The Morgan fingerprint density at radius 1 is 1.33 bits per heavy atom. The maximum Gasteiger partial charge on any atom is 0.164 e. The molecule has 0 aliphatic carbocycles. The van der Waals surface area contributed by atoms with Crippen molar-refractivity contribution in [2.75, 3.05) is 5.88 Å². The van der Waals surface area contributed by atoms with E-state index in [9.17, 15) is 4.39 Å². The monoisotopic (exact) mass is 367 g/mol. The van der Waals surface area contributed by atoms with Crippen LogP contribution in [0.3, 0.4) is 0 Å². The molecule has 0 unspecified atom stereocenters. The minimum Gasteiger partial charge on any atom is -0.281 e. The molecule has 0 spiro atoms. The first-order valence-electron chi connectivity index (χ1n) is 6.45. The lowest BCUT2D eigenvalue weighted by molar-refractivity contribution is 0.618. The molecule has 0 aliphatic heterocycles. The maximum atomic E-state index is 13.5. The lowest BCUT2D eigenvalue weighted by Gasteiger charge is -2.09. The number of aromatic nitrogens is 3. The van der Waals surface area contributed by atoms with Gasteiger partial charge in [0.15, 0.2) is 5.65 Å². The summed E-state index contributed by atoms with van der Waals surface area (Å²) < 4.78 is 16.3. The molecule has 0 saturated heterocycles. The number of fused-ring (bicyclic) bond motifs is 1. The van der Waals surface area contributed by atoms with Crippen molar-refractivity contribution in [1.82, 2.24) is 14.5 Å². The molecule has 6 heteroatoms. The molecule has 0 N–H and O–H groups in total. The van der Waals surface area contributed by atoms with Gasteiger partial charge in [-0.3, -0.25) is 4.57 Å². The number of rotatable bonds is 3. The van der Waals surface area contributed by atoms with Gasteiger partial charge in [-0.2, -0.15) is 0 Å². The fourth-order valence-electron chi connectivity index (χ4n) is 2.28. The lowest BCUT2D eigenvalue weighted by Crippen LogP contribution is -2.03. The van der Waals surface area contributed by atoms with Gasteiger partial charge in [-0.25, -0.2) is 14.4 Å². The molecule has 3 aromatic rings. The molecule has 0 saturated carbocycles. The quantitative estimate of drug-likeness (QED) is 0.641. The summed E-state index contributed by atoms with van der Waals surface area (Å²) in [5.41, 5.74) is 2.95. The number of hydrogen-bond donors (Lipinski definition) is 0. The van der Waals surface area contributed by atoms with Gasteiger partial charge in [-0.1, -0.05) is 0 Å². The summed E-state index contributed by atoms with van der Waals surface area (Å²) in [6, 6.07) is 6.88. The van der Waals surface area contributed by atoms with Crippen molar-refractivity contribution in [3.63, 3.8) is 0 Å². The summed E-state index contributed by atoms with van der Waals surface area (Å²) in [6.07, 6.45) is 2.34. The standard InChI is InChI=1S/C15H12BrClFN3/c1-9-6-11(2-3-12(9)18)21-14(4-5-17)20-13-7-10(16)8-19-15(13)21/h2-3,6-8H,4-5H2,1H3. The van der Waals surface area contributed by atoms with Crippen molar-refractivity contribution in [3.8, 4) is 5.69 Å². The second kappa shape index (κ2) is 5.73. The molecular formula is C15H12BrClFN3. The van der Waals surface area contributed by atoms with Gasteiger partial charge in [0.25, 0.3) is 0 Å². The molecular weight excluding hydrogens is 357 g/mol. The van der Waals surface area contributed by atoms with Crippen molar-refractivity contribution in [1.29, 1.82) is 0 Å². The lowest BCUT2D eigenvalue weighted by atomic mass is 10.2. The Morgan fingerprint density at radius 2 is 2.14 bits per heavy atom. The van der Waals surface area contributed by atoms with Crippen LogP contribution in [0.2, 0.25) is 0 Å². The van der Waals surface area contributed by atoms with Gasteiger partial charge in [-0.05, 0) is 52.7 Å². The molecule has 0 atom stereocenters. The average molecular weight is 369 g/mol. The molecule has 108 valence electrons. The Hall–Kier alpha value is -1.46. The second-order valence-corrected chi connectivity index (χ2v) is 6.03. The molecule has 3 rings (SSSR count). The first-order chi connectivity index (χ1) is 10.1. The van der Waals surface area contributed by atoms with Crippen molar-refractivity contribution < 1.29 is 4.39 Å². The van der Waals surface area contributed by atoms with Gasteiger partial charge in [-0.15, -0.1) is 11.6 Å². The van der Waals surface area contributed by atoms with Gasteiger partial charge < -0.3 is 0 Å². The number of hydrogen-bond acceptors (Lipinski definition) is 2. The van der Waals surface area contributed by atoms with Crippen LogP contribution in [0, 0.1) is 12.7 Å². The van der Waals surface area contributed by atoms with Gasteiger partial charge in [0.05, 0.1) is 0 Å². The van der Waals surface area contributed by atoms with E-state index < -0.39 is 0 Å². The minimum absolute atomic E-state index is 0.224. The predicted molar refractivity (Wildman–Crippen MR) is 85.7 cm³/mol. The highest BCUT2D eigenvalue weighted by atomic mass is 79.9. The highest BCUT2D eigenvalue weighted by Gasteiger charge is 2.14. The summed E-state index contributed by atoms with van der Waals surface area (Å²) in [5.74, 6) is 1.05. The van der Waals surface area contributed by atoms with Crippen LogP contribution < -0.4 is 0 Å². The minimum atomic E-state index is -0.224. The third kappa shape index (κ3) is 2.68. The van der Waals surface area contributed by atoms with Crippen LogP contribution >= 0.6 is 27.5 Å². The highest BCUT2D eigenvalue weighted by Crippen LogP contribution is 2.24. The Morgan fingerprint density at radius 3 is 2.86 bits per heavy atom. The fraction of sp³-hybridized carbons (Fsp3) is 0.200. The molecule has 0 radical (unpaired) electrons. The van der Waals surface area contributed by atoms with E-state index in [0.717, 1.165) is 27.1 Å². The van der Waals surface area contributed by atoms with E-state index in [1.165, 1.54) is 6.07 Å². The number of benzene rings is 1. The molecule has 0 amide bonds. The van der Waals surface area contributed by atoms with Crippen molar-refractivity contribution in [3.05, 3.63) is 52.1 Å². The van der Waals surface area contributed by atoms with E-state index in [4.69, 9.17) is 11.6 Å². The van der Waals surface area contributed by atoms with E-state index >= 15 is 0 Å². The van der Waals surface area contributed by atoms with E-state index in [1.54, 1.807) is 25.3 Å². The smallest absolute Gasteiger partial charge is 0.164 e. The Balaban J connectivity index is 2.27. The Kier molecular flexibility index (Phi) is 3.95. The van der Waals surface area contributed by atoms with Gasteiger partial charge in [0, 0.05) is 28.7 Å². The van der Waals surface area contributed by atoms with Crippen LogP contribution in [0.15, 0.2) is 34.9 Å². The van der Waals surface area contributed by atoms with Crippen LogP contribution in [0.5, 0.6) is 0 Å². The van der Waals surface area contributed by atoms with Crippen molar-refractivity contribution >= 4 is 38.7 Å². The number of imidazole rings is 1. The van der Waals surface area contributed by atoms with Crippen LogP contribution in [-0.4, -0.2) is 20.4 Å². The molecule has 2 aromatic heterocycles. The summed E-state index contributed by atoms with van der Waals surface area (Å²) in [4.78, 5) is 9.01. The van der Waals surface area contributed by atoms with E-state index in [0.29, 0.717) is 17.9 Å². The molecule has 21 heavy (non-hydrogen) atoms. The number of nitrogens with zero attached hydrogens (tertiary/aromatic N) is 3. The first kappa shape index (κ1) is 14.5. The number of halogens is 3. The summed E-state index contributed by atoms with van der Waals surface area (Å²) in [7, 11) is 0. The van der Waals surface area contributed by atoms with Crippen LogP contribution in [0.4, 0.5) is 4.39 Å². The summed E-state index contributed by atoms with van der Waals surface area (Å²) >= 11 is 9.26. The first-order valence-corrected chi connectivity index (χ1v) is 7.78. The van der Waals surface area contributed by atoms with Crippen molar-refractivity contribution in [2.45, 2.75) is 13.3 Å². The molecule has 0 fully saturated rings. The third-order valence-electron chi connectivity index (χ3n) is 3.25. The van der Waals surface area contributed by atoms with Gasteiger partial charge in [0.2, 0.25) is 0 Å². The SMILES string of the molecule is Cc1cc(-n2c(CCCl)nc3cc(Br)cnc32)ccc1F. The number of aryl methyl sites for hydroxylation is 2. The van der Waals surface area contributed by atoms with Crippen LogP contribution in [0.25, 0.3) is 16.9 Å². The average Bonchev–Trinajstić information content (AvgIpc) is 2.79. The zero-order valence-corrected chi connectivity index (χ0v) is 13.6. The van der Waals surface area contributed by atoms with E-state index in [1.807, 2.05) is 10.6 Å². The summed E-state index contributed by atoms with van der Waals surface area (Å²) in [6.45, 7) is 1.74. The summed E-state index contributed by atoms with van der Waals surface area (Å²) in [5, 5.41) is 0. The second-order valence-electron chi connectivity index (χ2n) is 4.73. The Labute approximate surface area is 134 Å². The molecule has 3 nitrogen and oxygen atoms in total. The highest BCUT2D eigenvalue weighted by molar-refractivity contribution is 9.10. The van der Waals surface area contributed by atoms with Crippen LogP contribution in [-0.2, 0) is 6.42 Å². The topological polar surface area (TPSA) is 30.7 Å². The number of pyridine rings is 1. The predicted octanol–water partition coefficient (Wildman–Crippen LogP) is 4.41. The fourth-order valence-corrected chi connectivity index (χ4v) is 2.77. The van der Waals surface area contributed by atoms with Gasteiger partial charge in [0.1, 0.15) is 17.2 Å². The Bertz CT molecular complexity index is 816. The maximum absolute atomic E-state index is 13.5.